The van der Waals surface area contributed by atoms with Gasteiger partial charge in [-0.25, -0.2) is 4.39 Å². The number of aromatic nitrogens is 3. The molecule has 2 aromatic heterocycles. The summed E-state index contributed by atoms with van der Waals surface area (Å²) in [6.45, 7) is 1.18. The highest BCUT2D eigenvalue weighted by molar-refractivity contribution is 9.10. The molecule has 0 aliphatic carbocycles. The topological polar surface area (TPSA) is 51.5 Å². The van der Waals surface area contributed by atoms with Crippen molar-refractivity contribution in [3.63, 3.8) is 0 Å². The molecule has 0 radical (unpaired) electrons. The minimum absolute atomic E-state index is 0.228. The maximum Gasteiger partial charge on any atom is 0.176 e. The van der Waals surface area contributed by atoms with Gasteiger partial charge in [0.2, 0.25) is 0 Å². The number of halogens is 2. The second-order valence-corrected chi connectivity index (χ2v) is 5.97. The number of nitrogens with one attached hydrogen (secondary N) is 1. The van der Waals surface area contributed by atoms with Crippen LogP contribution in [0.2, 0.25) is 0 Å². The van der Waals surface area contributed by atoms with Crippen molar-refractivity contribution >= 4 is 27.4 Å². The summed E-state index contributed by atoms with van der Waals surface area (Å²) >= 11 is 3.49. The predicted octanol–water partition coefficient (Wildman–Crippen LogP) is 3.27. The molecule has 1 aliphatic rings. The van der Waals surface area contributed by atoms with E-state index in [1.165, 1.54) is 6.07 Å². The number of rotatable bonds is 0. The fraction of sp³-hybridized carbons (Fsp3) is 0.200. The van der Waals surface area contributed by atoms with Gasteiger partial charge in [-0.1, -0.05) is 12.1 Å². The second-order valence-electron chi connectivity index (χ2n) is 5.11. The molecular formula is C15H12BrFN4O. The standard InChI is InChI=1S/C15H12BrFN4O/c16-12-4-10-7-22-6-9-2-1-3-13(17)11(9)5-18-14(10)21-8-19-20-15(12)21/h1-4,8,18H,5-7H2. The van der Waals surface area contributed by atoms with Gasteiger partial charge in [0.05, 0.1) is 17.7 Å². The van der Waals surface area contributed by atoms with Crippen LogP contribution in [0, 0.1) is 5.82 Å². The largest absolute Gasteiger partial charge is 0.372 e. The third kappa shape index (κ3) is 2.17. The molecule has 5 nitrogen and oxygen atoms in total. The van der Waals surface area contributed by atoms with Crippen LogP contribution in [0.15, 0.2) is 35.1 Å². The van der Waals surface area contributed by atoms with Gasteiger partial charge in [-0.15, -0.1) is 10.2 Å². The summed E-state index contributed by atoms with van der Waals surface area (Å²) in [4.78, 5) is 0. The van der Waals surface area contributed by atoms with Crippen molar-refractivity contribution < 1.29 is 9.13 Å². The van der Waals surface area contributed by atoms with Crippen LogP contribution in [-0.4, -0.2) is 14.6 Å². The smallest absolute Gasteiger partial charge is 0.176 e. The molecule has 1 aromatic carbocycles. The molecule has 0 spiro atoms. The van der Waals surface area contributed by atoms with Crippen LogP contribution in [0.3, 0.4) is 0 Å². The van der Waals surface area contributed by atoms with E-state index in [0.29, 0.717) is 31.0 Å². The Balaban J connectivity index is 1.84. The Hall–Kier alpha value is -1.99. The number of nitrogens with zero attached hydrogens (tertiary/aromatic N) is 3. The monoisotopic (exact) mass is 362 g/mol. The van der Waals surface area contributed by atoms with Crippen molar-refractivity contribution in [2.45, 2.75) is 19.8 Å². The van der Waals surface area contributed by atoms with Crippen LogP contribution in [0.5, 0.6) is 0 Å². The fourth-order valence-electron chi connectivity index (χ4n) is 2.69. The Labute approximate surface area is 134 Å². The van der Waals surface area contributed by atoms with Crippen molar-refractivity contribution in [1.29, 1.82) is 0 Å². The van der Waals surface area contributed by atoms with Crippen LogP contribution < -0.4 is 5.32 Å². The van der Waals surface area contributed by atoms with Crippen molar-refractivity contribution in [1.82, 2.24) is 14.6 Å². The zero-order valence-corrected chi connectivity index (χ0v) is 13.1. The first-order chi connectivity index (χ1) is 10.7. The van der Waals surface area contributed by atoms with Gasteiger partial charge in [-0.05, 0) is 33.6 Å². The molecule has 22 heavy (non-hydrogen) atoms. The second kappa shape index (κ2) is 5.33. The van der Waals surface area contributed by atoms with E-state index in [1.54, 1.807) is 12.4 Å². The molecule has 3 aromatic rings. The third-order valence-electron chi connectivity index (χ3n) is 3.77. The number of fused-ring (bicyclic) bond motifs is 4. The molecule has 0 amide bonds. The van der Waals surface area contributed by atoms with E-state index in [9.17, 15) is 4.39 Å². The maximum atomic E-state index is 14.1. The lowest BCUT2D eigenvalue weighted by Crippen LogP contribution is -2.09. The highest BCUT2D eigenvalue weighted by Crippen LogP contribution is 2.28. The van der Waals surface area contributed by atoms with Gasteiger partial charge in [-0.2, -0.15) is 0 Å². The summed E-state index contributed by atoms with van der Waals surface area (Å²) in [5.41, 5.74) is 3.16. The Morgan fingerprint density at radius 2 is 2.14 bits per heavy atom. The molecule has 0 saturated heterocycles. The van der Waals surface area contributed by atoms with Crippen molar-refractivity contribution in [3.05, 3.63) is 57.6 Å². The molecule has 1 N–H and O–H groups in total. The number of pyridine rings is 1. The summed E-state index contributed by atoms with van der Waals surface area (Å²) in [6, 6.07) is 7.02. The van der Waals surface area contributed by atoms with E-state index in [2.05, 4.69) is 31.4 Å². The summed E-state index contributed by atoms with van der Waals surface area (Å²) in [6.07, 6.45) is 1.63. The van der Waals surface area contributed by atoms with E-state index in [1.807, 2.05) is 16.5 Å². The Morgan fingerprint density at radius 1 is 1.27 bits per heavy atom. The van der Waals surface area contributed by atoms with Gasteiger partial charge in [0, 0.05) is 17.7 Å². The van der Waals surface area contributed by atoms with Crippen LogP contribution in [-0.2, 0) is 24.5 Å². The van der Waals surface area contributed by atoms with Crippen LogP contribution in [0.4, 0.5) is 10.2 Å². The molecule has 4 rings (SSSR count). The average molecular weight is 363 g/mol. The van der Waals surface area contributed by atoms with Crippen LogP contribution in [0.25, 0.3) is 5.65 Å². The van der Waals surface area contributed by atoms with Gasteiger partial charge in [-0.3, -0.25) is 4.40 Å². The minimum Gasteiger partial charge on any atom is -0.372 e. The summed E-state index contributed by atoms with van der Waals surface area (Å²) in [5, 5.41) is 11.3. The van der Waals surface area contributed by atoms with E-state index < -0.39 is 0 Å². The first kappa shape index (κ1) is 13.7. The zero-order valence-electron chi connectivity index (χ0n) is 11.5. The zero-order chi connectivity index (χ0) is 15.1. The number of anilines is 1. The fourth-order valence-corrected chi connectivity index (χ4v) is 3.24. The molecular weight excluding hydrogens is 351 g/mol. The SMILES string of the molecule is Fc1cccc2c1CNc1c(cc(Br)c3nncn13)COC2. The molecule has 1 aliphatic heterocycles. The van der Waals surface area contributed by atoms with Crippen molar-refractivity contribution in [2.24, 2.45) is 0 Å². The van der Waals surface area contributed by atoms with Gasteiger partial charge < -0.3 is 10.1 Å². The lowest BCUT2D eigenvalue weighted by molar-refractivity contribution is 0.107. The van der Waals surface area contributed by atoms with Gasteiger partial charge in [0.15, 0.2) is 5.65 Å². The molecule has 7 heteroatoms. The van der Waals surface area contributed by atoms with E-state index >= 15 is 0 Å². The molecule has 0 bridgehead atoms. The Kier molecular flexibility index (Phi) is 3.31. The first-order valence-electron chi connectivity index (χ1n) is 6.83. The number of ether oxygens (including phenoxy) is 1. The minimum atomic E-state index is -0.228. The lowest BCUT2D eigenvalue weighted by atomic mass is 10.1. The van der Waals surface area contributed by atoms with E-state index in [-0.39, 0.29) is 5.82 Å². The van der Waals surface area contributed by atoms with Crippen molar-refractivity contribution in [2.75, 3.05) is 5.32 Å². The van der Waals surface area contributed by atoms with Gasteiger partial charge >= 0.3 is 0 Å². The summed E-state index contributed by atoms with van der Waals surface area (Å²) in [5.74, 6) is 0.591. The average Bonchev–Trinajstić information content (AvgIpc) is 3.00. The molecule has 0 saturated carbocycles. The third-order valence-corrected chi connectivity index (χ3v) is 4.35. The lowest BCUT2D eigenvalue weighted by Gasteiger charge is -2.13. The quantitative estimate of drug-likeness (QED) is 0.666. The Bertz CT molecular complexity index is 864. The molecule has 0 atom stereocenters. The molecule has 0 fully saturated rings. The normalized spacial score (nSPS) is 14.5. The number of benzene rings is 1. The Morgan fingerprint density at radius 3 is 3.05 bits per heavy atom. The number of hydrogen-bond acceptors (Lipinski definition) is 4. The van der Waals surface area contributed by atoms with Gasteiger partial charge in [0.25, 0.3) is 0 Å². The summed E-state index contributed by atoms with van der Waals surface area (Å²) < 4.78 is 22.5. The first-order valence-corrected chi connectivity index (χ1v) is 7.62. The molecule has 0 unspecified atom stereocenters. The number of hydrogen-bond donors (Lipinski definition) is 1. The highest BCUT2D eigenvalue weighted by atomic mass is 79.9. The van der Waals surface area contributed by atoms with E-state index in [0.717, 1.165) is 21.4 Å². The van der Waals surface area contributed by atoms with Crippen LogP contribution >= 0.6 is 15.9 Å². The van der Waals surface area contributed by atoms with Crippen LogP contribution in [0.1, 0.15) is 16.7 Å². The maximum absolute atomic E-state index is 14.1. The molecule has 112 valence electrons. The van der Waals surface area contributed by atoms with E-state index in [4.69, 9.17) is 4.74 Å². The highest BCUT2D eigenvalue weighted by Gasteiger charge is 2.17. The predicted molar refractivity (Wildman–Crippen MR) is 82.9 cm³/mol. The van der Waals surface area contributed by atoms with Gasteiger partial charge in [0.1, 0.15) is 18.0 Å². The summed E-state index contributed by atoms with van der Waals surface area (Å²) in [7, 11) is 0. The van der Waals surface area contributed by atoms with Crippen molar-refractivity contribution in [3.8, 4) is 0 Å². The molecule has 3 heterocycles.